The van der Waals surface area contributed by atoms with Crippen LogP contribution in [0.4, 0.5) is 23.5 Å². The molecule has 12 heteroatoms. The van der Waals surface area contributed by atoms with Gasteiger partial charge in [0.1, 0.15) is 10.7 Å². The Balaban J connectivity index is 1.74. The van der Waals surface area contributed by atoms with Crippen molar-refractivity contribution < 1.29 is 27.5 Å². The van der Waals surface area contributed by atoms with Crippen molar-refractivity contribution in [3.63, 3.8) is 0 Å². The van der Waals surface area contributed by atoms with Crippen molar-refractivity contribution in [2.75, 3.05) is 18.4 Å². The predicted molar refractivity (Wildman–Crippen MR) is 105 cm³/mol. The van der Waals surface area contributed by atoms with Crippen molar-refractivity contribution in [3.05, 3.63) is 46.5 Å². The van der Waals surface area contributed by atoms with Gasteiger partial charge in [-0.05, 0) is 31.0 Å². The molecule has 0 aromatic carbocycles. The highest BCUT2D eigenvalue weighted by Crippen LogP contribution is 2.39. The minimum Gasteiger partial charge on any atom is -0.391 e. The Hall–Kier alpha value is -2.86. The molecule has 3 aromatic rings. The van der Waals surface area contributed by atoms with Crippen LogP contribution in [-0.2, 0) is 6.18 Å². The quantitative estimate of drug-likeness (QED) is 0.584. The molecule has 0 bridgehead atoms. The summed E-state index contributed by atoms with van der Waals surface area (Å²) in [4.78, 5) is 25.5. The number of carbonyl (C=O) groups excluding carboxylic acids is 1. The van der Waals surface area contributed by atoms with Crippen molar-refractivity contribution >= 4 is 33.4 Å². The van der Waals surface area contributed by atoms with E-state index in [1.807, 2.05) is 0 Å². The minimum atomic E-state index is -4.59. The monoisotopic (exact) mass is 455 g/mol. The van der Waals surface area contributed by atoms with Crippen LogP contribution in [-0.4, -0.2) is 50.1 Å². The number of hydrogen-bond donors (Lipinski definition) is 2. The first-order valence-corrected chi connectivity index (χ1v) is 10.2. The maximum absolute atomic E-state index is 13.5. The standard InChI is InChI=1S/C19H17F4N5O2S/c1-9(10-4-11(20)7-24-6-10)25-18-26-13-5-14(19(21,22)23)31-16(13)15(27-18)17(30)28-3-2-12(29)8-28/h4-7,9,12,29H,2-3,8H2,1H3,(H,25,26,27)/t9-,12-/m0/s1. The average Bonchev–Trinajstić information content (AvgIpc) is 3.33. The van der Waals surface area contributed by atoms with Gasteiger partial charge < -0.3 is 15.3 Å². The largest absolute Gasteiger partial charge is 0.425 e. The molecule has 0 aliphatic carbocycles. The molecule has 0 spiro atoms. The summed E-state index contributed by atoms with van der Waals surface area (Å²) in [6.45, 7) is 2.03. The van der Waals surface area contributed by atoms with Gasteiger partial charge >= 0.3 is 6.18 Å². The molecule has 7 nitrogen and oxygen atoms in total. The van der Waals surface area contributed by atoms with E-state index in [1.54, 1.807) is 6.92 Å². The van der Waals surface area contributed by atoms with Crippen molar-refractivity contribution in [2.45, 2.75) is 31.7 Å². The molecule has 164 valence electrons. The molecule has 2 atom stereocenters. The number of pyridine rings is 1. The van der Waals surface area contributed by atoms with Gasteiger partial charge in [0, 0.05) is 19.3 Å². The van der Waals surface area contributed by atoms with Gasteiger partial charge in [0.05, 0.1) is 28.6 Å². The Labute approximate surface area is 177 Å². The van der Waals surface area contributed by atoms with Gasteiger partial charge in [-0.25, -0.2) is 14.4 Å². The number of nitrogens with zero attached hydrogens (tertiary/aromatic N) is 4. The Bertz CT molecular complexity index is 1140. The van der Waals surface area contributed by atoms with Crippen LogP contribution in [0.5, 0.6) is 0 Å². The Morgan fingerprint density at radius 1 is 1.32 bits per heavy atom. The SMILES string of the molecule is C[C@H](Nc1nc(C(=O)N2CC[C@H](O)C2)c2sc(C(F)(F)F)cc2n1)c1cncc(F)c1. The molecule has 2 N–H and O–H groups in total. The van der Waals surface area contributed by atoms with E-state index in [0.29, 0.717) is 23.3 Å². The molecule has 0 saturated carbocycles. The number of thiophene rings is 1. The third kappa shape index (κ3) is 4.44. The number of hydrogen-bond acceptors (Lipinski definition) is 7. The summed E-state index contributed by atoms with van der Waals surface area (Å²) in [6, 6.07) is 1.60. The lowest BCUT2D eigenvalue weighted by Gasteiger charge is -2.17. The lowest BCUT2D eigenvalue weighted by molar-refractivity contribution is -0.134. The Morgan fingerprint density at radius 2 is 2.10 bits per heavy atom. The molecular formula is C19H17F4N5O2S. The van der Waals surface area contributed by atoms with E-state index < -0.39 is 34.9 Å². The number of halogens is 4. The number of aliphatic hydroxyl groups is 1. The molecule has 3 aromatic heterocycles. The molecule has 0 unspecified atom stereocenters. The van der Waals surface area contributed by atoms with Crippen LogP contribution >= 0.6 is 11.3 Å². The van der Waals surface area contributed by atoms with Gasteiger partial charge in [-0.1, -0.05) is 0 Å². The van der Waals surface area contributed by atoms with Gasteiger partial charge in [0.15, 0.2) is 5.69 Å². The van der Waals surface area contributed by atoms with Crippen LogP contribution in [0.3, 0.4) is 0 Å². The number of aromatic nitrogens is 3. The number of aliphatic hydroxyl groups excluding tert-OH is 1. The Morgan fingerprint density at radius 3 is 2.74 bits per heavy atom. The van der Waals surface area contributed by atoms with Crippen LogP contribution < -0.4 is 5.32 Å². The summed E-state index contributed by atoms with van der Waals surface area (Å²) in [7, 11) is 0. The highest BCUT2D eigenvalue weighted by atomic mass is 32.1. The number of β-amino-alcohol motifs (C(OH)–C–C–N with tert-alkyl or cyclic N) is 1. The van der Waals surface area contributed by atoms with Gasteiger partial charge in [-0.3, -0.25) is 9.78 Å². The smallest absolute Gasteiger partial charge is 0.391 e. The third-order valence-corrected chi connectivity index (χ3v) is 6.05. The number of anilines is 1. The Kier molecular flexibility index (Phi) is 5.52. The molecule has 4 rings (SSSR count). The number of alkyl halides is 3. The highest BCUT2D eigenvalue weighted by Gasteiger charge is 2.35. The van der Waals surface area contributed by atoms with E-state index >= 15 is 0 Å². The van der Waals surface area contributed by atoms with Crippen LogP contribution in [0.15, 0.2) is 24.5 Å². The van der Waals surface area contributed by atoms with Gasteiger partial charge in [0.2, 0.25) is 5.95 Å². The minimum absolute atomic E-state index is 0.0179. The first kappa shape index (κ1) is 21.4. The molecule has 1 saturated heterocycles. The van der Waals surface area contributed by atoms with E-state index in [9.17, 15) is 27.5 Å². The van der Waals surface area contributed by atoms with Crippen molar-refractivity contribution in [2.24, 2.45) is 0 Å². The first-order valence-electron chi connectivity index (χ1n) is 9.35. The third-order valence-electron chi connectivity index (χ3n) is 4.88. The average molecular weight is 455 g/mol. The summed E-state index contributed by atoms with van der Waals surface area (Å²) in [6.07, 6.45) is -2.42. The fourth-order valence-electron chi connectivity index (χ4n) is 3.30. The second-order valence-corrected chi connectivity index (χ2v) is 8.27. The molecular weight excluding hydrogens is 438 g/mol. The lowest BCUT2D eigenvalue weighted by atomic mass is 10.1. The molecule has 1 aliphatic heterocycles. The van der Waals surface area contributed by atoms with E-state index in [1.165, 1.54) is 17.2 Å². The second-order valence-electron chi connectivity index (χ2n) is 7.21. The van der Waals surface area contributed by atoms with Crippen LogP contribution in [0.1, 0.15) is 40.3 Å². The number of carbonyl (C=O) groups is 1. The lowest BCUT2D eigenvalue weighted by Crippen LogP contribution is -2.30. The van der Waals surface area contributed by atoms with E-state index in [4.69, 9.17) is 0 Å². The van der Waals surface area contributed by atoms with Gasteiger partial charge in [-0.2, -0.15) is 13.2 Å². The van der Waals surface area contributed by atoms with Crippen molar-refractivity contribution in [1.82, 2.24) is 19.9 Å². The normalized spacial score (nSPS) is 17.9. The number of likely N-dealkylation sites (tertiary alicyclic amines) is 1. The summed E-state index contributed by atoms with van der Waals surface area (Å²) >= 11 is 0.397. The summed E-state index contributed by atoms with van der Waals surface area (Å²) in [5.41, 5.74) is 0.273. The zero-order chi connectivity index (χ0) is 22.3. The molecule has 4 heterocycles. The topological polar surface area (TPSA) is 91.2 Å². The summed E-state index contributed by atoms with van der Waals surface area (Å²) in [5, 5.41) is 12.6. The molecule has 0 radical (unpaired) electrons. The summed E-state index contributed by atoms with van der Waals surface area (Å²) in [5.74, 6) is -1.19. The number of nitrogens with one attached hydrogen (secondary N) is 1. The second kappa shape index (κ2) is 8.00. The molecule has 1 aliphatic rings. The van der Waals surface area contributed by atoms with Gasteiger partial charge in [-0.15, -0.1) is 11.3 Å². The fraction of sp³-hybridized carbons (Fsp3) is 0.368. The predicted octanol–water partition coefficient (Wildman–Crippen LogP) is 3.62. The zero-order valence-electron chi connectivity index (χ0n) is 16.1. The van der Waals surface area contributed by atoms with E-state index in [-0.39, 0.29) is 34.9 Å². The number of rotatable bonds is 4. The van der Waals surface area contributed by atoms with Crippen LogP contribution in [0.25, 0.3) is 10.2 Å². The zero-order valence-corrected chi connectivity index (χ0v) is 17.0. The highest BCUT2D eigenvalue weighted by molar-refractivity contribution is 7.19. The number of fused-ring (bicyclic) bond motifs is 1. The first-order chi connectivity index (χ1) is 14.6. The fourth-order valence-corrected chi connectivity index (χ4v) is 4.24. The number of amides is 1. The maximum Gasteiger partial charge on any atom is 0.425 e. The molecule has 1 fully saturated rings. The van der Waals surface area contributed by atoms with E-state index in [0.717, 1.165) is 12.3 Å². The van der Waals surface area contributed by atoms with Crippen LogP contribution in [0, 0.1) is 5.82 Å². The van der Waals surface area contributed by atoms with Gasteiger partial charge in [0.25, 0.3) is 5.91 Å². The van der Waals surface area contributed by atoms with E-state index in [2.05, 4.69) is 20.3 Å². The van der Waals surface area contributed by atoms with Crippen molar-refractivity contribution in [3.8, 4) is 0 Å². The molecule has 31 heavy (non-hydrogen) atoms. The van der Waals surface area contributed by atoms with Crippen LogP contribution in [0.2, 0.25) is 0 Å². The summed E-state index contributed by atoms with van der Waals surface area (Å²) < 4.78 is 53.3. The molecule has 1 amide bonds. The maximum atomic E-state index is 13.5. The van der Waals surface area contributed by atoms with Crippen molar-refractivity contribution in [1.29, 1.82) is 0 Å².